The van der Waals surface area contributed by atoms with Gasteiger partial charge in [-0.25, -0.2) is 0 Å². The predicted octanol–water partition coefficient (Wildman–Crippen LogP) is 3.95. The van der Waals surface area contributed by atoms with E-state index in [2.05, 4.69) is 16.0 Å². The first-order valence-electron chi connectivity index (χ1n) is 9.64. The molecule has 1 saturated carbocycles. The van der Waals surface area contributed by atoms with Crippen LogP contribution in [0.3, 0.4) is 0 Å². The lowest BCUT2D eigenvalue weighted by Gasteiger charge is -2.33. The van der Waals surface area contributed by atoms with Crippen molar-refractivity contribution in [3.63, 3.8) is 0 Å². The average molecular weight is 365 g/mol. The van der Waals surface area contributed by atoms with E-state index in [1.807, 2.05) is 60.7 Å². The van der Waals surface area contributed by atoms with Crippen LogP contribution in [0.1, 0.15) is 38.5 Å². The second kappa shape index (κ2) is 9.21. The van der Waals surface area contributed by atoms with Crippen molar-refractivity contribution >= 4 is 23.2 Å². The summed E-state index contributed by atoms with van der Waals surface area (Å²) in [6, 6.07) is 19.1. The van der Waals surface area contributed by atoms with Crippen LogP contribution in [-0.4, -0.2) is 23.9 Å². The summed E-state index contributed by atoms with van der Waals surface area (Å²) in [5.74, 6) is -0.325. The van der Waals surface area contributed by atoms with Gasteiger partial charge in [-0.15, -0.1) is 0 Å². The number of anilines is 2. The summed E-state index contributed by atoms with van der Waals surface area (Å²) in [6.45, 7) is -0.0358. The van der Waals surface area contributed by atoms with Gasteiger partial charge < -0.3 is 16.0 Å². The normalized spacial score (nSPS) is 16.0. The number of rotatable bonds is 6. The Labute approximate surface area is 160 Å². The maximum Gasteiger partial charge on any atom is 0.246 e. The molecule has 2 aromatic rings. The average Bonchev–Trinajstić information content (AvgIpc) is 2.94. The smallest absolute Gasteiger partial charge is 0.246 e. The molecule has 1 aliphatic carbocycles. The number of para-hydroxylation sites is 2. The van der Waals surface area contributed by atoms with E-state index in [9.17, 15) is 9.59 Å². The van der Waals surface area contributed by atoms with Crippen molar-refractivity contribution in [3.8, 4) is 0 Å². The summed E-state index contributed by atoms with van der Waals surface area (Å²) in [5.41, 5.74) is 0.997. The van der Waals surface area contributed by atoms with Gasteiger partial charge in [0.15, 0.2) is 0 Å². The highest BCUT2D eigenvalue weighted by molar-refractivity contribution is 5.97. The minimum Gasteiger partial charge on any atom is -0.371 e. The molecule has 0 aromatic heterocycles. The number of carbonyl (C=O) groups excluding carboxylic acids is 2. The van der Waals surface area contributed by atoms with Crippen LogP contribution < -0.4 is 16.0 Å². The van der Waals surface area contributed by atoms with E-state index in [0.29, 0.717) is 0 Å². The Balaban J connectivity index is 1.64. The molecule has 2 aromatic carbocycles. The van der Waals surface area contributed by atoms with Gasteiger partial charge in [0.2, 0.25) is 11.8 Å². The Morgan fingerprint density at radius 2 is 1.33 bits per heavy atom. The number of nitrogens with one attached hydrogen (secondary N) is 3. The lowest BCUT2D eigenvalue weighted by atomic mass is 9.88. The van der Waals surface area contributed by atoms with Crippen LogP contribution in [0.5, 0.6) is 0 Å². The van der Waals surface area contributed by atoms with E-state index in [1.54, 1.807) is 0 Å². The summed E-state index contributed by atoms with van der Waals surface area (Å²) in [7, 11) is 0. The van der Waals surface area contributed by atoms with Crippen LogP contribution in [0.15, 0.2) is 60.7 Å². The molecule has 0 saturated heterocycles. The van der Waals surface area contributed by atoms with Crippen LogP contribution in [0.25, 0.3) is 0 Å². The monoisotopic (exact) mass is 365 g/mol. The molecule has 142 valence electrons. The molecule has 0 spiro atoms. The quantitative estimate of drug-likeness (QED) is 0.679. The van der Waals surface area contributed by atoms with Gasteiger partial charge in [0, 0.05) is 11.4 Å². The maximum atomic E-state index is 13.1. The van der Waals surface area contributed by atoms with Crippen molar-refractivity contribution in [2.24, 2.45) is 0 Å². The van der Waals surface area contributed by atoms with Crippen molar-refractivity contribution in [2.45, 2.75) is 44.1 Å². The molecule has 1 aliphatic rings. The highest BCUT2D eigenvalue weighted by atomic mass is 16.2. The first kappa shape index (κ1) is 19.0. The maximum absolute atomic E-state index is 13.1. The third kappa shape index (κ3) is 5.33. The highest BCUT2D eigenvalue weighted by Gasteiger charge is 2.38. The van der Waals surface area contributed by atoms with E-state index >= 15 is 0 Å². The standard InChI is InChI=1S/C22H27N3O2/c26-20(24-18-11-5-3-6-12-18)17-23-21(27)22(15-9-1-2-10-16-22)25-19-13-7-4-8-14-19/h3-8,11-14,25H,1-2,9-10,15-17H2,(H,23,27)(H,24,26). The fourth-order valence-electron chi connectivity index (χ4n) is 3.60. The zero-order valence-corrected chi connectivity index (χ0v) is 15.5. The first-order valence-corrected chi connectivity index (χ1v) is 9.64. The topological polar surface area (TPSA) is 70.2 Å². The van der Waals surface area contributed by atoms with Crippen LogP contribution in [-0.2, 0) is 9.59 Å². The predicted molar refractivity (Wildman–Crippen MR) is 109 cm³/mol. The largest absolute Gasteiger partial charge is 0.371 e. The molecule has 0 aliphatic heterocycles. The zero-order chi connectivity index (χ0) is 19.0. The second-order valence-corrected chi connectivity index (χ2v) is 7.08. The van der Waals surface area contributed by atoms with Gasteiger partial charge in [-0.2, -0.15) is 0 Å². The summed E-state index contributed by atoms with van der Waals surface area (Å²) in [4.78, 5) is 25.3. The van der Waals surface area contributed by atoms with Crippen molar-refractivity contribution < 1.29 is 9.59 Å². The minimum atomic E-state index is -0.662. The molecule has 0 atom stereocenters. The van der Waals surface area contributed by atoms with Crippen molar-refractivity contribution in [3.05, 3.63) is 60.7 Å². The molecule has 2 amide bonds. The summed E-state index contributed by atoms with van der Waals surface area (Å²) >= 11 is 0. The van der Waals surface area contributed by atoms with Crippen molar-refractivity contribution in [1.82, 2.24) is 5.32 Å². The van der Waals surface area contributed by atoms with E-state index in [0.717, 1.165) is 49.9 Å². The van der Waals surface area contributed by atoms with Gasteiger partial charge in [-0.3, -0.25) is 9.59 Å². The van der Waals surface area contributed by atoms with E-state index in [1.165, 1.54) is 0 Å². The number of amides is 2. The summed E-state index contributed by atoms with van der Waals surface area (Å²) in [6.07, 6.45) is 5.83. The molecular weight excluding hydrogens is 338 g/mol. The lowest BCUT2D eigenvalue weighted by molar-refractivity contribution is -0.128. The number of carbonyl (C=O) groups is 2. The van der Waals surface area contributed by atoms with E-state index in [-0.39, 0.29) is 18.4 Å². The van der Waals surface area contributed by atoms with Gasteiger partial charge in [-0.05, 0) is 37.1 Å². The lowest BCUT2D eigenvalue weighted by Crippen LogP contribution is -2.53. The molecule has 1 fully saturated rings. The Hall–Kier alpha value is -2.82. The van der Waals surface area contributed by atoms with Gasteiger partial charge in [-0.1, -0.05) is 62.1 Å². The molecule has 0 radical (unpaired) electrons. The van der Waals surface area contributed by atoms with E-state index in [4.69, 9.17) is 0 Å². The van der Waals surface area contributed by atoms with Crippen molar-refractivity contribution in [2.75, 3.05) is 17.2 Å². The Bertz CT molecular complexity index is 739. The molecule has 0 unspecified atom stereocenters. The Kier molecular flexibility index (Phi) is 6.47. The molecule has 0 heterocycles. The molecule has 3 N–H and O–H groups in total. The van der Waals surface area contributed by atoms with Gasteiger partial charge in [0.25, 0.3) is 0 Å². The first-order chi connectivity index (χ1) is 13.2. The third-order valence-electron chi connectivity index (χ3n) is 5.02. The van der Waals surface area contributed by atoms with Crippen LogP contribution in [0.2, 0.25) is 0 Å². The Morgan fingerprint density at radius 3 is 1.93 bits per heavy atom. The van der Waals surface area contributed by atoms with E-state index < -0.39 is 5.54 Å². The fraction of sp³-hybridized carbons (Fsp3) is 0.364. The van der Waals surface area contributed by atoms with Gasteiger partial charge in [0.1, 0.15) is 5.54 Å². The molecule has 27 heavy (non-hydrogen) atoms. The zero-order valence-electron chi connectivity index (χ0n) is 15.5. The van der Waals surface area contributed by atoms with Crippen molar-refractivity contribution in [1.29, 1.82) is 0 Å². The number of benzene rings is 2. The van der Waals surface area contributed by atoms with Crippen LogP contribution in [0.4, 0.5) is 11.4 Å². The molecule has 5 nitrogen and oxygen atoms in total. The summed E-state index contributed by atoms with van der Waals surface area (Å²) < 4.78 is 0. The summed E-state index contributed by atoms with van der Waals surface area (Å²) in [5, 5.41) is 9.11. The minimum absolute atomic E-state index is 0.0358. The highest BCUT2D eigenvalue weighted by Crippen LogP contribution is 2.31. The molecular formula is C22H27N3O2. The Morgan fingerprint density at radius 1 is 0.778 bits per heavy atom. The number of hydrogen-bond donors (Lipinski definition) is 3. The van der Waals surface area contributed by atoms with Crippen LogP contribution >= 0.6 is 0 Å². The van der Waals surface area contributed by atoms with Crippen LogP contribution in [0, 0.1) is 0 Å². The fourth-order valence-corrected chi connectivity index (χ4v) is 3.60. The SMILES string of the molecule is O=C(CNC(=O)C1(Nc2ccccc2)CCCCCC1)Nc1ccccc1. The molecule has 3 rings (SSSR count). The van der Waals surface area contributed by atoms with Gasteiger partial charge in [0.05, 0.1) is 6.54 Å². The number of hydrogen-bond acceptors (Lipinski definition) is 3. The second-order valence-electron chi connectivity index (χ2n) is 7.08. The molecule has 0 bridgehead atoms. The molecule has 5 heteroatoms. The third-order valence-corrected chi connectivity index (χ3v) is 5.02. The van der Waals surface area contributed by atoms with Gasteiger partial charge >= 0.3 is 0 Å².